The number of aromatic nitrogens is 2. The van der Waals surface area contributed by atoms with Gasteiger partial charge in [-0.3, -0.25) is 9.69 Å². The Morgan fingerprint density at radius 2 is 1.93 bits per heavy atom. The maximum Gasteiger partial charge on any atom is 0.261 e. The van der Waals surface area contributed by atoms with Crippen LogP contribution in [0.1, 0.15) is 15.4 Å². The van der Waals surface area contributed by atoms with E-state index in [-0.39, 0.29) is 17.4 Å². The van der Waals surface area contributed by atoms with E-state index >= 15 is 0 Å². The molecule has 0 atom stereocenters. The molecule has 1 N–H and O–H groups in total. The number of benzene rings is 1. The molecule has 0 aliphatic carbocycles. The van der Waals surface area contributed by atoms with Crippen LogP contribution >= 0.6 is 22.9 Å². The largest absolute Gasteiger partial charge is 0.350 e. The molecule has 29 heavy (non-hydrogen) atoms. The molecule has 1 amide bonds. The number of fused-ring (bicyclic) bond motifs is 1. The summed E-state index contributed by atoms with van der Waals surface area (Å²) in [6.07, 6.45) is 0. The monoisotopic (exact) mass is 452 g/mol. The number of amides is 1. The highest BCUT2D eigenvalue weighted by Crippen LogP contribution is 2.30. The average Bonchev–Trinajstić information content (AvgIpc) is 3.25. The number of aryl methyl sites for hydroxylation is 1. The van der Waals surface area contributed by atoms with E-state index in [1.807, 2.05) is 41.9 Å². The van der Waals surface area contributed by atoms with Gasteiger partial charge in [0.15, 0.2) is 9.84 Å². The summed E-state index contributed by atoms with van der Waals surface area (Å²) < 4.78 is 24.8. The van der Waals surface area contributed by atoms with Crippen LogP contribution in [0.3, 0.4) is 0 Å². The minimum atomic E-state index is -2.88. The molecule has 1 saturated heterocycles. The zero-order chi connectivity index (χ0) is 20.6. The summed E-state index contributed by atoms with van der Waals surface area (Å²) in [4.78, 5) is 16.2. The summed E-state index contributed by atoms with van der Waals surface area (Å²) in [6.45, 7) is 4.10. The Labute approximate surface area is 178 Å². The van der Waals surface area contributed by atoms with Crippen molar-refractivity contribution in [2.45, 2.75) is 6.92 Å². The zero-order valence-corrected chi connectivity index (χ0v) is 18.3. The number of rotatable bonds is 5. The van der Waals surface area contributed by atoms with Crippen LogP contribution in [-0.4, -0.2) is 66.7 Å². The van der Waals surface area contributed by atoms with E-state index in [0.29, 0.717) is 36.1 Å². The number of nitrogens with zero attached hydrogens (tertiary/aromatic N) is 3. The van der Waals surface area contributed by atoms with Crippen LogP contribution in [0.5, 0.6) is 0 Å². The first-order valence-corrected chi connectivity index (χ1v) is 12.3. The van der Waals surface area contributed by atoms with Gasteiger partial charge >= 0.3 is 0 Å². The summed E-state index contributed by atoms with van der Waals surface area (Å²) in [6, 6.07) is 9.29. The second-order valence-corrected chi connectivity index (χ2v) is 10.8. The van der Waals surface area contributed by atoms with Gasteiger partial charge < -0.3 is 5.32 Å². The molecule has 0 saturated carbocycles. The van der Waals surface area contributed by atoms with Gasteiger partial charge in [-0.05, 0) is 37.3 Å². The number of sulfone groups is 1. The minimum absolute atomic E-state index is 0.127. The van der Waals surface area contributed by atoms with Crippen LogP contribution in [0.4, 0.5) is 0 Å². The van der Waals surface area contributed by atoms with Crippen molar-refractivity contribution in [3.05, 3.63) is 45.9 Å². The van der Waals surface area contributed by atoms with Crippen molar-refractivity contribution in [3.8, 4) is 5.69 Å². The van der Waals surface area contributed by atoms with Gasteiger partial charge in [0.2, 0.25) is 0 Å². The molecule has 4 rings (SSSR count). The lowest BCUT2D eigenvalue weighted by atomic mass is 10.3. The molecule has 0 bridgehead atoms. The van der Waals surface area contributed by atoms with Crippen LogP contribution < -0.4 is 5.32 Å². The summed E-state index contributed by atoms with van der Waals surface area (Å²) in [7, 11) is -2.88. The standard InChI is InChI=1S/C19H21ClN4O3S2/c1-13-16-12-17(18(25)21-6-7-23-8-10-29(26,27)11-9-23)28-19(16)24(22-13)15-4-2-14(20)3-5-15/h2-5,12H,6-11H2,1H3,(H,21,25). The number of hydrogen-bond acceptors (Lipinski definition) is 6. The molecule has 10 heteroatoms. The third kappa shape index (κ3) is 4.48. The Morgan fingerprint density at radius 1 is 1.24 bits per heavy atom. The molecule has 2 aromatic heterocycles. The number of carbonyl (C=O) groups is 1. The summed E-state index contributed by atoms with van der Waals surface area (Å²) in [5, 5.41) is 9.13. The first kappa shape index (κ1) is 20.3. The topological polar surface area (TPSA) is 84.3 Å². The fourth-order valence-corrected chi connectivity index (χ4v) is 5.81. The lowest BCUT2D eigenvalue weighted by Crippen LogP contribution is -2.43. The molecule has 3 aromatic rings. The highest BCUT2D eigenvalue weighted by molar-refractivity contribution is 7.91. The van der Waals surface area contributed by atoms with Gasteiger partial charge in [-0.2, -0.15) is 5.10 Å². The zero-order valence-electron chi connectivity index (χ0n) is 15.9. The van der Waals surface area contributed by atoms with Crippen molar-refractivity contribution in [2.75, 3.05) is 37.7 Å². The number of carbonyl (C=O) groups excluding carboxylic acids is 1. The SMILES string of the molecule is Cc1nn(-c2ccc(Cl)cc2)c2sc(C(=O)NCCN3CCS(=O)(=O)CC3)cc12. The summed E-state index contributed by atoms with van der Waals surface area (Å²) in [5.74, 6) is 0.257. The van der Waals surface area contributed by atoms with E-state index in [1.165, 1.54) is 11.3 Å². The van der Waals surface area contributed by atoms with Crippen LogP contribution in [0, 0.1) is 6.92 Å². The van der Waals surface area contributed by atoms with Crippen molar-refractivity contribution in [1.82, 2.24) is 20.0 Å². The van der Waals surface area contributed by atoms with Crippen molar-refractivity contribution >= 4 is 48.9 Å². The third-order valence-electron chi connectivity index (χ3n) is 4.99. The minimum Gasteiger partial charge on any atom is -0.350 e. The molecule has 3 heterocycles. The Kier molecular flexibility index (Phi) is 5.65. The molecule has 0 unspecified atom stereocenters. The molecule has 0 radical (unpaired) electrons. The van der Waals surface area contributed by atoms with E-state index in [0.717, 1.165) is 21.6 Å². The van der Waals surface area contributed by atoms with E-state index in [1.54, 1.807) is 0 Å². The van der Waals surface area contributed by atoms with Crippen LogP contribution in [-0.2, 0) is 9.84 Å². The van der Waals surface area contributed by atoms with Gasteiger partial charge in [0.1, 0.15) is 4.83 Å². The number of halogens is 1. The van der Waals surface area contributed by atoms with Gasteiger partial charge in [0.05, 0.1) is 27.8 Å². The van der Waals surface area contributed by atoms with Gasteiger partial charge in [0.25, 0.3) is 5.91 Å². The van der Waals surface area contributed by atoms with Gasteiger partial charge in [0, 0.05) is 36.6 Å². The van der Waals surface area contributed by atoms with Crippen molar-refractivity contribution in [1.29, 1.82) is 0 Å². The predicted molar refractivity (Wildman–Crippen MR) is 116 cm³/mol. The average molecular weight is 453 g/mol. The molecule has 1 fully saturated rings. The maximum atomic E-state index is 12.6. The molecule has 1 aliphatic rings. The summed E-state index contributed by atoms with van der Waals surface area (Å²) >= 11 is 7.37. The van der Waals surface area contributed by atoms with E-state index < -0.39 is 9.84 Å². The molecule has 1 aromatic carbocycles. The number of thiophene rings is 1. The molecule has 0 spiro atoms. The molecule has 1 aliphatic heterocycles. The lowest BCUT2D eigenvalue weighted by Gasteiger charge is -2.26. The van der Waals surface area contributed by atoms with Crippen LogP contribution in [0.25, 0.3) is 15.9 Å². The molecule has 154 valence electrons. The Morgan fingerprint density at radius 3 is 2.62 bits per heavy atom. The van der Waals surface area contributed by atoms with Crippen molar-refractivity contribution < 1.29 is 13.2 Å². The summed E-state index contributed by atoms with van der Waals surface area (Å²) in [5.41, 5.74) is 1.75. The number of hydrogen-bond donors (Lipinski definition) is 1. The Hall–Kier alpha value is -1.94. The van der Waals surface area contributed by atoms with E-state index in [9.17, 15) is 13.2 Å². The first-order valence-electron chi connectivity index (χ1n) is 9.28. The molecular weight excluding hydrogens is 432 g/mol. The van der Waals surface area contributed by atoms with Crippen molar-refractivity contribution in [2.24, 2.45) is 0 Å². The molecule has 7 nitrogen and oxygen atoms in total. The highest BCUT2D eigenvalue weighted by Gasteiger charge is 2.21. The van der Waals surface area contributed by atoms with Crippen LogP contribution in [0.2, 0.25) is 5.02 Å². The maximum absolute atomic E-state index is 12.6. The van der Waals surface area contributed by atoms with E-state index in [4.69, 9.17) is 11.6 Å². The first-order chi connectivity index (χ1) is 13.8. The van der Waals surface area contributed by atoms with E-state index in [2.05, 4.69) is 15.3 Å². The quantitative estimate of drug-likeness (QED) is 0.643. The predicted octanol–water partition coefficient (Wildman–Crippen LogP) is 2.51. The van der Waals surface area contributed by atoms with Gasteiger partial charge in [-0.15, -0.1) is 11.3 Å². The van der Waals surface area contributed by atoms with Crippen LogP contribution in [0.15, 0.2) is 30.3 Å². The smallest absolute Gasteiger partial charge is 0.261 e. The fraction of sp³-hybridized carbons (Fsp3) is 0.368. The fourth-order valence-electron chi connectivity index (χ4n) is 3.30. The Bertz CT molecular complexity index is 1140. The lowest BCUT2D eigenvalue weighted by molar-refractivity contribution is 0.0953. The second kappa shape index (κ2) is 8.06. The highest BCUT2D eigenvalue weighted by atomic mass is 35.5. The van der Waals surface area contributed by atoms with Gasteiger partial charge in [-0.25, -0.2) is 13.1 Å². The Balaban J connectivity index is 1.43. The second-order valence-electron chi connectivity index (χ2n) is 7.05. The van der Waals surface area contributed by atoms with Crippen molar-refractivity contribution in [3.63, 3.8) is 0 Å². The van der Waals surface area contributed by atoms with Gasteiger partial charge in [-0.1, -0.05) is 11.6 Å². The third-order valence-corrected chi connectivity index (χ3v) is 7.96. The number of nitrogens with one attached hydrogen (secondary N) is 1. The molecular formula is C19H21ClN4O3S2. The normalized spacial score (nSPS) is 16.9.